The topological polar surface area (TPSA) is 20.3 Å². The smallest absolute Gasteiger partial charge is 0.133 e. The second kappa shape index (κ2) is 5.49. The Kier molecular flexibility index (Phi) is 4.19. The van der Waals surface area contributed by atoms with E-state index in [4.69, 9.17) is 0 Å². The Labute approximate surface area is 79.2 Å². The molecule has 0 saturated heterocycles. The fourth-order valence-corrected chi connectivity index (χ4v) is 1.18. The zero-order valence-corrected chi connectivity index (χ0v) is 7.94. The predicted molar refractivity (Wildman–Crippen MR) is 53.7 cm³/mol. The highest BCUT2D eigenvalue weighted by Crippen LogP contribution is 1.99. The van der Waals surface area contributed by atoms with E-state index in [1.807, 2.05) is 30.1 Å². The summed E-state index contributed by atoms with van der Waals surface area (Å²) in [6.45, 7) is 1.45. The summed E-state index contributed by atoms with van der Waals surface area (Å²) in [5.41, 5.74) is 1.32. The minimum Gasteiger partial charge on any atom is -0.302 e. The third kappa shape index (κ3) is 3.85. The SMILES string of the molecule is CN(CC=O)CCc1ccccc1. The van der Waals surface area contributed by atoms with Gasteiger partial charge < -0.3 is 4.79 Å². The van der Waals surface area contributed by atoms with Gasteiger partial charge in [-0.3, -0.25) is 4.90 Å². The zero-order valence-electron chi connectivity index (χ0n) is 7.94. The summed E-state index contributed by atoms with van der Waals surface area (Å²) in [6.07, 6.45) is 1.94. The van der Waals surface area contributed by atoms with Crippen molar-refractivity contribution < 1.29 is 4.79 Å². The fourth-order valence-electron chi connectivity index (χ4n) is 1.18. The minimum absolute atomic E-state index is 0.521. The van der Waals surface area contributed by atoms with E-state index in [9.17, 15) is 4.79 Å². The quantitative estimate of drug-likeness (QED) is 0.633. The van der Waals surface area contributed by atoms with Crippen molar-refractivity contribution in [2.75, 3.05) is 20.1 Å². The van der Waals surface area contributed by atoms with Crippen LogP contribution in [0.1, 0.15) is 5.56 Å². The molecule has 1 aromatic carbocycles. The highest BCUT2D eigenvalue weighted by Gasteiger charge is 1.96. The molecule has 0 N–H and O–H groups in total. The molecule has 0 aromatic heterocycles. The number of aldehydes is 1. The molecule has 0 atom stereocenters. The molecule has 0 fully saturated rings. The van der Waals surface area contributed by atoms with E-state index < -0.39 is 0 Å². The van der Waals surface area contributed by atoms with Gasteiger partial charge in [0, 0.05) is 6.54 Å². The first-order valence-electron chi connectivity index (χ1n) is 4.49. The van der Waals surface area contributed by atoms with Crippen molar-refractivity contribution in [3.05, 3.63) is 35.9 Å². The summed E-state index contributed by atoms with van der Waals surface area (Å²) < 4.78 is 0. The number of carbonyl (C=O) groups is 1. The standard InChI is InChI=1S/C11H15NO/c1-12(9-10-13)8-7-11-5-3-2-4-6-11/h2-6,10H,7-9H2,1H3. The van der Waals surface area contributed by atoms with Crippen LogP contribution in [-0.2, 0) is 11.2 Å². The van der Waals surface area contributed by atoms with Crippen LogP contribution in [-0.4, -0.2) is 31.3 Å². The van der Waals surface area contributed by atoms with E-state index in [0.29, 0.717) is 6.54 Å². The second-order valence-corrected chi connectivity index (χ2v) is 3.16. The summed E-state index contributed by atoms with van der Waals surface area (Å²) in [7, 11) is 1.96. The van der Waals surface area contributed by atoms with E-state index in [1.165, 1.54) is 5.56 Å². The van der Waals surface area contributed by atoms with Gasteiger partial charge in [-0.25, -0.2) is 0 Å². The van der Waals surface area contributed by atoms with Crippen molar-refractivity contribution in [3.8, 4) is 0 Å². The maximum absolute atomic E-state index is 10.2. The number of hydrogen-bond acceptors (Lipinski definition) is 2. The first kappa shape index (κ1) is 9.93. The highest BCUT2D eigenvalue weighted by atomic mass is 16.1. The van der Waals surface area contributed by atoms with Crippen LogP contribution in [0.15, 0.2) is 30.3 Å². The van der Waals surface area contributed by atoms with Gasteiger partial charge in [0.25, 0.3) is 0 Å². The summed E-state index contributed by atoms with van der Waals surface area (Å²) in [5, 5.41) is 0. The molecule has 1 aromatic rings. The van der Waals surface area contributed by atoms with E-state index in [0.717, 1.165) is 19.3 Å². The van der Waals surface area contributed by atoms with Crippen LogP contribution < -0.4 is 0 Å². The first-order chi connectivity index (χ1) is 6.33. The number of benzene rings is 1. The Bertz CT molecular complexity index is 246. The molecule has 0 saturated carbocycles. The molecule has 0 aliphatic heterocycles. The zero-order chi connectivity index (χ0) is 9.52. The lowest BCUT2D eigenvalue weighted by Gasteiger charge is -2.12. The van der Waals surface area contributed by atoms with Gasteiger partial charge in [0.1, 0.15) is 6.29 Å². The van der Waals surface area contributed by atoms with E-state index in [-0.39, 0.29) is 0 Å². The third-order valence-electron chi connectivity index (χ3n) is 2.01. The average Bonchev–Trinajstić information content (AvgIpc) is 2.17. The van der Waals surface area contributed by atoms with E-state index in [1.54, 1.807) is 0 Å². The molecule has 1 rings (SSSR count). The summed E-state index contributed by atoms with van der Waals surface area (Å²) in [6, 6.07) is 10.3. The Morgan fingerprint density at radius 2 is 2.00 bits per heavy atom. The molecule has 0 bridgehead atoms. The lowest BCUT2D eigenvalue weighted by molar-refractivity contribution is -0.108. The van der Waals surface area contributed by atoms with E-state index >= 15 is 0 Å². The molecule has 70 valence electrons. The molecule has 2 heteroatoms. The van der Waals surface area contributed by atoms with Crippen molar-refractivity contribution in [2.24, 2.45) is 0 Å². The predicted octanol–water partition coefficient (Wildman–Crippen LogP) is 1.36. The molecule has 0 heterocycles. The van der Waals surface area contributed by atoms with Gasteiger partial charge in [-0.05, 0) is 19.0 Å². The van der Waals surface area contributed by atoms with Gasteiger partial charge in [0.05, 0.1) is 6.54 Å². The van der Waals surface area contributed by atoms with E-state index in [2.05, 4.69) is 12.1 Å². The normalized spacial score (nSPS) is 10.3. The number of carbonyl (C=O) groups excluding carboxylic acids is 1. The Morgan fingerprint density at radius 3 is 2.62 bits per heavy atom. The monoisotopic (exact) mass is 177 g/mol. The molecular formula is C11H15NO. The minimum atomic E-state index is 0.521. The summed E-state index contributed by atoms with van der Waals surface area (Å²) in [5.74, 6) is 0. The van der Waals surface area contributed by atoms with Gasteiger partial charge in [0.15, 0.2) is 0 Å². The Morgan fingerprint density at radius 1 is 1.31 bits per heavy atom. The molecule has 0 spiro atoms. The van der Waals surface area contributed by atoms with Crippen molar-refractivity contribution in [1.82, 2.24) is 4.90 Å². The fraction of sp³-hybridized carbons (Fsp3) is 0.364. The number of nitrogens with zero attached hydrogens (tertiary/aromatic N) is 1. The number of likely N-dealkylation sites (N-methyl/N-ethyl adjacent to an activating group) is 1. The number of rotatable bonds is 5. The van der Waals surface area contributed by atoms with Crippen LogP contribution in [0.3, 0.4) is 0 Å². The van der Waals surface area contributed by atoms with Crippen molar-refractivity contribution in [1.29, 1.82) is 0 Å². The molecule has 0 radical (unpaired) electrons. The molecule has 0 amide bonds. The second-order valence-electron chi connectivity index (χ2n) is 3.16. The first-order valence-corrected chi connectivity index (χ1v) is 4.49. The lowest BCUT2D eigenvalue weighted by atomic mass is 10.1. The molecule has 0 aliphatic carbocycles. The Hall–Kier alpha value is -1.15. The van der Waals surface area contributed by atoms with Crippen LogP contribution in [0, 0.1) is 0 Å². The molecule has 0 aliphatic rings. The Balaban J connectivity index is 2.30. The van der Waals surface area contributed by atoms with Crippen LogP contribution in [0.5, 0.6) is 0 Å². The molecule has 0 unspecified atom stereocenters. The van der Waals surface area contributed by atoms with Crippen molar-refractivity contribution in [2.45, 2.75) is 6.42 Å². The summed E-state index contributed by atoms with van der Waals surface area (Å²) >= 11 is 0. The largest absolute Gasteiger partial charge is 0.302 e. The van der Waals surface area contributed by atoms with Crippen LogP contribution in [0.2, 0.25) is 0 Å². The summed E-state index contributed by atoms with van der Waals surface area (Å²) in [4.78, 5) is 12.2. The molecule has 2 nitrogen and oxygen atoms in total. The van der Waals surface area contributed by atoms with Gasteiger partial charge in [-0.15, -0.1) is 0 Å². The van der Waals surface area contributed by atoms with Crippen molar-refractivity contribution in [3.63, 3.8) is 0 Å². The van der Waals surface area contributed by atoms with Gasteiger partial charge >= 0.3 is 0 Å². The number of hydrogen-bond donors (Lipinski definition) is 0. The van der Waals surface area contributed by atoms with Gasteiger partial charge in [0.2, 0.25) is 0 Å². The highest BCUT2D eigenvalue weighted by molar-refractivity contribution is 5.51. The van der Waals surface area contributed by atoms with Crippen LogP contribution in [0.25, 0.3) is 0 Å². The molecule has 13 heavy (non-hydrogen) atoms. The van der Waals surface area contributed by atoms with Crippen molar-refractivity contribution >= 4 is 6.29 Å². The maximum Gasteiger partial charge on any atom is 0.133 e. The average molecular weight is 177 g/mol. The van der Waals surface area contributed by atoms with Crippen LogP contribution >= 0.6 is 0 Å². The maximum atomic E-state index is 10.2. The molecular weight excluding hydrogens is 162 g/mol. The van der Waals surface area contributed by atoms with Gasteiger partial charge in [-0.2, -0.15) is 0 Å². The third-order valence-corrected chi connectivity index (χ3v) is 2.01. The van der Waals surface area contributed by atoms with Gasteiger partial charge in [-0.1, -0.05) is 30.3 Å². The lowest BCUT2D eigenvalue weighted by Crippen LogP contribution is -2.23. The van der Waals surface area contributed by atoms with Crippen LogP contribution in [0.4, 0.5) is 0 Å².